The van der Waals surface area contributed by atoms with Gasteiger partial charge in [-0.2, -0.15) is 5.26 Å². The molecule has 1 fully saturated rings. The van der Waals surface area contributed by atoms with Crippen molar-refractivity contribution in [3.8, 4) is 6.07 Å². The monoisotopic (exact) mass is 284 g/mol. The van der Waals surface area contributed by atoms with E-state index in [0.717, 1.165) is 28.4 Å². The molecule has 0 saturated carbocycles. The lowest BCUT2D eigenvalue weighted by atomic mass is 10.00. The van der Waals surface area contributed by atoms with Gasteiger partial charge in [0.05, 0.1) is 5.00 Å². The van der Waals surface area contributed by atoms with Crippen molar-refractivity contribution >= 4 is 32.3 Å². The SMILES string of the molecule is CC1CCN(c2cc(Br)c(C#N)s2)CC1. The first-order valence-electron chi connectivity index (χ1n) is 5.15. The molecule has 1 aliphatic rings. The molecule has 1 saturated heterocycles. The van der Waals surface area contributed by atoms with Crippen molar-refractivity contribution in [2.75, 3.05) is 18.0 Å². The summed E-state index contributed by atoms with van der Waals surface area (Å²) in [6.07, 6.45) is 2.52. The highest BCUT2D eigenvalue weighted by molar-refractivity contribution is 9.10. The zero-order chi connectivity index (χ0) is 10.8. The molecule has 0 aliphatic carbocycles. The number of piperidine rings is 1. The summed E-state index contributed by atoms with van der Waals surface area (Å²) < 4.78 is 0.934. The topological polar surface area (TPSA) is 27.0 Å². The summed E-state index contributed by atoms with van der Waals surface area (Å²) in [7, 11) is 0. The van der Waals surface area contributed by atoms with Gasteiger partial charge >= 0.3 is 0 Å². The molecule has 0 spiro atoms. The molecule has 0 atom stereocenters. The number of halogens is 1. The lowest BCUT2D eigenvalue weighted by Crippen LogP contribution is -2.32. The predicted octanol–water partition coefficient (Wildman–Crippen LogP) is 3.62. The van der Waals surface area contributed by atoms with Crippen molar-refractivity contribution in [2.45, 2.75) is 19.8 Å². The minimum absolute atomic E-state index is 0.781. The second-order valence-corrected chi connectivity index (χ2v) is 5.93. The van der Waals surface area contributed by atoms with E-state index in [0.29, 0.717) is 0 Å². The lowest BCUT2D eigenvalue weighted by molar-refractivity contribution is 0.440. The van der Waals surface area contributed by atoms with Crippen LogP contribution in [0.2, 0.25) is 0 Å². The van der Waals surface area contributed by atoms with Crippen molar-refractivity contribution < 1.29 is 0 Å². The summed E-state index contributed by atoms with van der Waals surface area (Å²) >= 11 is 5.00. The van der Waals surface area contributed by atoms with Gasteiger partial charge in [0.2, 0.25) is 0 Å². The van der Waals surface area contributed by atoms with E-state index >= 15 is 0 Å². The van der Waals surface area contributed by atoms with E-state index in [1.165, 1.54) is 17.8 Å². The fraction of sp³-hybridized carbons (Fsp3) is 0.545. The standard InChI is InChI=1S/C11H13BrN2S/c1-8-2-4-14(5-3-8)11-6-9(12)10(7-13)15-11/h6,8H,2-5H2,1H3. The van der Waals surface area contributed by atoms with Crippen molar-refractivity contribution in [3.05, 3.63) is 15.4 Å². The molecule has 2 heterocycles. The first kappa shape index (κ1) is 11.0. The Balaban J connectivity index is 2.13. The summed E-state index contributed by atoms with van der Waals surface area (Å²) in [5.41, 5.74) is 0. The largest absolute Gasteiger partial charge is 0.363 e. The summed E-state index contributed by atoms with van der Waals surface area (Å²) in [5.74, 6) is 0.847. The van der Waals surface area contributed by atoms with E-state index < -0.39 is 0 Å². The van der Waals surface area contributed by atoms with E-state index in [-0.39, 0.29) is 0 Å². The third-order valence-electron chi connectivity index (χ3n) is 2.87. The second-order valence-electron chi connectivity index (χ2n) is 4.04. The molecular formula is C11H13BrN2S. The van der Waals surface area contributed by atoms with Gasteiger partial charge in [-0.25, -0.2) is 0 Å². The Kier molecular flexibility index (Phi) is 3.32. The summed E-state index contributed by atoms with van der Waals surface area (Å²) in [6, 6.07) is 4.28. The molecule has 1 aliphatic heterocycles. The minimum Gasteiger partial charge on any atom is -0.363 e. The zero-order valence-electron chi connectivity index (χ0n) is 8.66. The molecule has 2 rings (SSSR count). The first-order chi connectivity index (χ1) is 7.20. The second kappa shape index (κ2) is 4.54. The summed E-state index contributed by atoms with van der Waals surface area (Å²) in [4.78, 5) is 3.17. The molecule has 0 amide bonds. The maximum atomic E-state index is 8.88. The van der Waals surface area contributed by atoms with Gasteiger partial charge in [-0.05, 0) is 40.8 Å². The third-order valence-corrected chi connectivity index (χ3v) is 4.86. The molecule has 1 aromatic heterocycles. The lowest BCUT2D eigenvalue weighted by Gasteiger charge is -2.30. The van der Waals surface area contributed by atoms with Crippen molar-refractivity contribution in [1.82, 2.24) is 0 Å². The van der Waals surface area contributed by atoms with Crippen LogP contribution in [0.1, 0.15) is 24.6 Å². The fourth-order valence-electron chi connectivity index (χ4n) is 1.82. The summed E-state index contributed by atoms with van der Waals surface area (Å²) in [6.45, 7) is 4.56. The maximum absolute atomic E-state index is 8.88. The Morgan fingerprint density at radius 2 is 2.20 bits per heavy atom. The van der Waals surface area contributed by atoms with Crippen LogP contribution in [0.4, 0.5) is 5.00 Å². The van der Waals surface area contributed by atoms with Gasteiger partial charge in [0, 0.05) is 17.6 Å². The van der Waals surface area contributed by atoms with Crippen LogP contribution in [0.15, 0.2) is 10.5 Å². The van der Waals surface area contributed by atoms with Crippen LogP contribution < -0.4 is 4.90 Å². The number of thiophene rings is 1. The molecular weight excluding hydrogens is 272 g/mol. The third kappa shape index (κ3) is 2.35. The van der Waals surface area contributed by atoms with Crippen molar-refractivity contribution in [1.29, 1.82) is 5.26 Å². The Hall–Kier alpha value is -0.530. The van der Waals surface area contributed by atoms with Crippen LogP contribution in [0.5, 0.6) is 0 Å². The number of nitrogens with zero attached hydrogens (tertiary/aromatic N) is 2. The molecule has 15 heavy (non-hydrogen) atoms. The normalized spacial score (nSPS) is 17.8. The number of nitriles is 1. The molecule has 1 aromatic rings. The van der Waals surface area contributed by atoms with Gasteiger partial charge < -0.3 is 4.90 Å². The van der Waals surface area contributed by atoms with E-state index in [1.54, 1.807) is 11.3 Å². The highest BCUT2D eigenvalue weighted by Gasteiger charge is 2.18. The van der Waals surface area contributed by atoms with Gasteiger partial charge in [0.15, 0.2) is 0 Å². The quantitative estimate of drug-likeness (QED) is 0.788. The number of hydrogen-bond acceptors (Lipinski definition) is 3. The average Bonchev–Trinajstić information content (AvgIpc) is 2.61. The zero-order valence-corrected chi connectivity index (χ0v) is 11.1. The van der Waals surface area contributed by atoms with Gasteiger partial charge in [-0.3, -0.25) is 0 Å². The molecule has 0 bridgehead atoms. The van der Waals surface area contributed by atoms with Crippen LogP contribution >= 0.6 is 27.3 Å². The van der Waals surface area contributed by atoms with Gasteiger partial charge in [-0.15, -0.1) is 11.3 Å². The van der Waals surface area contributed by atoms with Crippen LogP contribution in [-0.4, -0.2) is 13.1 Å². The molecule has 0 aromatic carbocycles. The number of anilines is 1. The molecule has 0 N–H and O–H groups in total. The molecule has 80 valence electrons. The van der Waals surface area contributed by atoms with Crippen LogP contribution in [0.25, 0.3) is 0 Å². The smallest absolute Gasteiger partial charge is 0.121 e. The average molecular weight is 285 g/mol. The Labute approximate surface area is 103 Å². The maximum Gasteiger partial charge on any atom is 0.121 e. The minimum atomic E-state index is 0.781. The molecule has 0 radical (unpaired) electrons. The van der Waals surface area contributed by atoms with E-state index in [1.807, 2.05) is 0 Å². The highest BCUT2D eigenvalue weighted by atomic mass is 79.9. The highest BCUT2D eigenvalue weighted by Crippen LogP contribution is 2.35. The van der Waals surface area contributed by atoms with Crippen molar-refractivity contribution in [3.63, 3.8) is 0 Å². The Morgan fingerprint density at radius 3 is 2.73 bits per heavy atom. The van der Waals surface area contributed by atoms with Gasteiger partial charge in [0.25, 0.3) is 0 Å². The van der Waals surface area contributed by atoms with Crippen LogP contribution in [-0.2, 0) is 0 Å². The number of hydrogen-bond donors (Lipinski definition) is 0. The van der Waals surface area contributed by atoms with Gasteiger partial charge in [-0.1, -0.05) is 6.92 Å². The predicted molar refractivity (Wildman–Crippen MR) is 67.3 cm³/mol. The van der Waals surface area contributed by atoms with Crippen LogP contribution in [0, 0.1) is 17.2 Å². The molecule has 0 unspecified atom stereocenters. The van der Waals surface area contributed by atoms with Crippen LogP contribution in [0.3, 0.4) is 0 Å². The Bertz CT molecular complexity index is 386. The summed E-state index contributed by atoms with van der Waals surface area (Å²) in [5, 5.41) is 10.1. The van der Waals surface area contributed by atoms with E-state index in [9.17, 15) is 0 Å². The van der Waals surface area contributed by atoms with Crippen molar-refractivity contribution in [2.24, 2.45) is 5.92 Å². The van der Waals surface area contributed by atoms with E-state index in [2.05, 4.69) is 39.9 Å². The fourth-order valence-corrected chi connectivity index (χ4v) is 3.42. The molecule has 4 heteroatoms. The van der Waals surface area contributed by atoms with E-state index in [4.69, 9.17) is 5.26 Å². The number of rotatable bonds is 1. The molecule has 2 nitrogen and oxygen atoms in total. The van der Waals surface area contributed by atoms with Gasteiger partial charge in [0.1, 0.15) is 10.9 Å². The Morgan fingerprint density at radius 1 is 1.53 bits per heavy atom. The first-order valence-corrected chi connectivity index (χ1v) is 6.76.